The lowest BCUT2D eigenvalue weighted by molar-refractivity contribution is -0.117. The number of allylic oxidation sites excluding steroid dienone is 1. The fourth-order valence-electron chi connectivity index (χ4n) is 3.73. The molecule has 0 unspecified atom stereocenters. The molecule has 2 aromatic carbocycles. The highest BCUT2D eigenvalue weighted by Crippen LogP contribution is 2.44. The van der Waals surface area contributed by atoms with E-state index in [4.69, 9.17) is 10.5 Å². The lowest BCUT2D eigenvalue weighted by Crippen LogP contribution is -2.28. The summed E-state index contributed by atoms with van der Waals surface area (Å²) in [6, 6.07) is 12.0. The van der Waals surface area contributed by atoms with Crippen molar-refractivity contribution >= 4 is 28.6 Å². The number of amides is 2. The van der Waals surface area contributed by atoms with Gasteiger partial charge in [0.25, 0.3) is 5.91 Å². The maximum absolute atomic E-state index is 13.8. The minimum atomic E-state index is -0.662. The van der Waals surface area contributed by atoms with Crippen LogP contribution in [0.1, 0.15) is 30.5 Å². The Balaban J connectivity index is 1.66. The number of hydrogen-bond donors (Lipinski definition) is 3. The first kappa shape index (κ1) is 19.8. The average Bonchev–Trinajstić information content (AvgIpc) is 3.16. The van der Waals surface area contributed by atoms with Crippen molar-refractivity contribution in [1.82, 2.24) is 5.32 Å². The van der Waals surface area contributed by atoms with E-state index in [2.05, 4.69) is 10.6 Å². The Morgan fingerprint density at radius 1 is 1.20 bits per heavy atom. The number of primary amides is 1. The molecule has 4 rings (SSSR count). The summed E-state index contributed by atoms with van der Waals surface area (Å²) in [7, 11) is 0. The van der Waals surface area contributed by atoms with Crippen LogP contribution in [0.5, 0.6) is 0 Å². The number of ether oxygens (including phenoxy) is 1. The summed E-state index contributed by atoms with van der Waals surface area (Å²) in [6.45, 7) is 4.50. The van der Waals surface area contributed by atoms with Crippen LogP contribution in [0.4, 0.5) is 10.1 Å². The molecule has 0 aliphatic carbocycles. The Kier molecular flexibility index (Phi) is 4.91. The average molecular weight is 407 g/mol. The number of nitrogens with one attached hydrogen (secondary N) is 2. The van der Waals surface area contributed by atoms with Crippen LogP contribution in [-0.4, -0.2) is 24.0 Å². The van der Waals surface area contributed by atoms with Gasteiger partial charge in [0.05, 0.1) is 12.1 Å². The smallest absolute Gasteiger partial charge is 0.260 e. The molecule has 2 aromatic rings. The van der Waals surface area contributed by atoms with Crippen LogP contribution in [0.25, 0.3) is 11.1 Å². The molecule has 4 N–H and O–H groups in total. The molecule has 30 heavy (non-hydrogen) atoms. The summed E-state index contributed by atoms with van der Waals surface area (Å²) in [4.78, 5) is 23.4. The number of rotatable bonds is 5. The van der Waals surface area contributed by atoms with Gasteiger partial charge in [-0.2, -0.15) is 0 Å². The molecule has 6 nitrogen and oxygen atoms in total. The molecule has 2 amide bonds. The van der Waals surface area contributed by atoms with E-state index in [9.17, 15) is 14.0 Å². The van der Waals surface area contributed by atoms with Gasteiger partial charge in [0.2, 0.25) is 5.91 Å². The van der Waals surface area contributed by atoms with Gasteiger partial charge in [-0.25, -0.2) is 4.39 Å². The number of anilines is 1. The van der Waals surface area contributed by atoms with Crippen LogP contribution in [0.3, 0.4) is 0 Å². The van der Waals surface area contributed by atoms with E-state index < -0.39 is 17.3 Å². The van der Waals surface area contributed by atoms with Crippen LogP contribution in [0, 0.1) is 5.82 Å². The van der Waals surface area contributed by atoms with Crippen molar-refractivity contribution in [3.05, 3.63) is 76.8 Å². The predicted octanol–water partition coefficient (Wildman–Crippen LogP) is 2.96. The summed E-state index contributed by atoms with van der Waals surface area (Å²) >= 11 is 0. The Labute approximate surface area is 173 Å². The van der Waals surface area contributed by atoms with Crippen molar-refractivity contribution in [2.45, 2.75) is 26.0 Å². The summed E-state index contributed by atoms with van der Waals surface area (Å²) < 4.78 is 19.9. The first-order valence-corrected chi connectivity index (χ1v) is 9.60. The normalized spacial score (nSPS) is 19.2. The molecule has 0 saturated heterocycles. The molecule has 154 valence electrons. The molecule has 0 radical (unpaired) electrons. The zero-order chi connectivity index (χ0) is 21.5. The summed E-state index contributed by atoms with van der Waals surface area (Å²) in [5.41, 5.74) is 8.75. The third-order valence-electron chi connectivity index (χ3n) is 5.16. The number of carbonyl (C=O) groups excluding carboxylic acids is 2. The number of halogens is 1. The topological polar surface area (TPSA) is 93.4 Å². The molecule has 0 aromatic heterocycles. The van der Waals surface area contributed by atoms with Gasteiger partial charge >= 0.3 is 0 Å². The van der Waals surface area contributed by atoms with Gasteiger partial charge < -0.3 is 21.1 Å². The second-order valence-corrected chi connectivity index (χ2v) is 7.82. The molecular weight excluding hydrogens is 385 g/mol. The molecule has 0 fully saturated rings. The van der Waals surface area contributed by atoms with Crippen molar-refractivity contribution in [2.75, 3.05) is 11.9 Å². The van der Waals surface area contributed by atoms with Crippen LogP contribution >= 0.6 is 0 Å². The van der Waals surface area contributed by atoms with Gasteiger partial charge in [-0.3, -0.25) is 9.59 Å². The van der Waals surface area contributed by atoms with Crippen molar-refractivity contribution in [3.8, 4) is 0 Å². The maximum Gasteiger partial charge on any atom is 0.260 e. The third-order valence-corrected chi connectivity index (χ3v) is 5.16. The van der Waals surface area contributed by atoms with Gasteiger partial charge in [0, 0.05) is 23.4 Å². The molecule has 0 spiro atoms. The van der Waals surface area contributed by atoms with Gasteiger partial charge in [-0.05, 0) is 49.2 Å². The molecule has 0 bridgehead atoms. The standard InChI is InChI=1S/C23H22FN3O3/c1-23(2)17(14-5-3-13(4-6-14)11-26-12-20(25)28)10-19(30-23)21-16-9-15(24)7-8-18(16)27-22(21)29/h3-10,26H,11-12H2,1-2H3,(H2,25,28)(H,27,29)/b21-19+. The Bertz CT molecular complexity index is 1100. The van der Waals surface area contributed by atoms with E-state index in [1.165, 1.54) is 12.1 Å². The minimum absolute atomic E-state index is 0.120. The molecule has 0 atom stereocenters. The maximum atomic E-state index is 13.8. The lowest BCUT2D eigenvalue weighted by atomic mass is 9.91. The van der Waals surface area contributed by atoms with Crippen LogP contribution < -0.4 is 16.4 Å². The summed E-state index contributed by atoms with van der Waals surface area (Å²) in [5, 5.41) is 5.73. The Morgan fingerprint density at radius 2 is 1.93 bits per heavy atom. The van der Waals surface area contributed by atoms with Crippen molar-refractivity contribution in [2.24, 2.45) is 5.73 Å². The van der Waals surface area contributed by atoms with Gasteiger partial charge in [-0.15, -0.1) is 0 Å². The van der Waals surface area contributed by atoms with Crippen molar-refractivity contribution in [3.63, 3.8) is 0 Å². The number of fused-ring (bicyclic) bond motifs is 1. The second kappa shape index (κ2) is 7.42. The van der Waals surface area contributed by atoms with E-state index in [0.717, 1.165) is 16.7 Å². The fraction of sp³-hybridized carbons (Fsp3) is 0.217. The SMILES string of the molecule is CC1(C)O/C(=C2/C(=O)Nc3ccc(F)cc32)C=C1c1ccc(CNCC(N)=O)cc1. The molecule has 2 aliphatic heterocycles. The molecule has 2 heterocycles. The number of hydrogen-bond acceptors (Lipinski definition) is 4. The monoisotopic (exact) mass is 407 g/mol. The number of benzene rings is 2. The zero-order valence-electron chi connectivity index (χ0n) is 16.7. The number of carbonyl (C=O) groups is 2. The van der Waals surface area contributed by atoms with Gasteiger partial charge in [0.1, 0.15) is 17.2 Å². The minimum Gasteiger partial charge on any atom is -0.482 e. The molecule has 2 aliphatic rings. The van der Waals surface area contributed by atoms with Crippen LogP contribution in [-0.2, 0) is 20.9 Å². The Hall–Kier alpha value is -3.45. The highest BCUT2D eigenvalue weighted by molar-refractivity contribution is 6.32. The largest absolute Gasteiger partial charge is 0.482 e. The van der Waals surface area contributed by atoms with E-state index in [-0.39, 0.29) is 12.5 Å². The quantitative estimate of drug-likeness (QED) is 0.665. The Morgan fingerprint density at radius 3 is 2.63 bits per heavy atom. The second-order valence-electron chi connectivity index (χ2n) is 7.82. The van der Waals surface area contributed by atoms with E-state index in [1.807, 2.05) is 44.2 Å². The van der Waals surface area contributed by atoms with Crippen molar-refractivity contribution in [1.29, 1.82) is 0 Å². The van der Waals surface area contributed by atoms with E-state index >= 15 is 0 Å². The molecular formula is C23H22FN3O3. The van der Waals surface area contributed by atoms with E-state index in [1.54, 1.807) is 6.07 Å². The van der Waals surface area contributed by atoms with Crippen LogP contribution in [0.2, 0.25) is 0 Å². The van der Waals surface area contributed by atoms with Crippen LogP contribution in [0.15, 0.2) is 54.3 Å². The highest BCUT2D eigenvalue weighted by atomic mass is 19.1. The fourth-order valence-corrected chi connectivity index (χ4v) is 3.73. The highest BCUT2D eigenvalue weighted by Gasteiger charge is 2.38. The van der Waals surface area contributed by atoms with Crippen molar-refractivity contribution < 1.29 is 18.7 Å². The lowest BCUT2D eigenvalue weighted by Gasteiger charge is -2.23. The molecule has 0 saturated carbocycles. The van der Waals surface area contributed by atoms with Gasteiger partial charge in [0.15, 0.2) is 0 Å². The predicted molar refractivity (Wildman–Crippen MR) is 112 cm³/mol. The first-order valence-electron chi connectivity index (χ1n) is 9.60. The van der Waals surface area contributed by atoms with Gasteiger partial charge in [-0.1, -0.05) is 24.3 Å². The zero-order valence-corrected chi connectivity index (χ0v) is 16.7. The molecule has 7 heteroatoms. The summed E-state index contributed by atoms with van der Waals surface area (Å²) in [6.07, 6.45) is 1.84. The first-order chi connectivity index (χ1) is 14.2. The number of nitrogens with two attached hydrogens (primary N) is 1. The third kappa shape index (κ3) is 3.71. The summed E-state index contributed by atoms with van der Waals surface area (Å²) in [5.74, 6) is -0.705. The van der Waals surface area contributed by atoms with E-state index in [0.29, 0.717) is 29.1 Å².